The lowest BCUT2D eigenvalue weighted by atomic mass is 10.1. The van der Waals surface area contributed by atoms with Crippen LogP contribution in [-0.2, 0) is 11.2 Å². The number of hydrogen-bond acceptors (Lipinski definition) is 5. The molecule has 0 radical (unpaired) electrons. The van der Waals surface area contributed by atoms with Crippen molar-refractivity contribution in [2.24, 2.45) is 0 Å². The monoisotopic (exact) mass is 428 g/mol. The molecule has 2 aromatic heterocycles. The molecule has 2 heterocycles. The minimum absolute atomic E-state index is 0.0394. The number of carbonyl (C=O) groups is 1. The number of nitrogens with zero attached hydrogens (tertiary/aromatic N) is 3. The molecule has 0 aliphatic heterocycles. The fourth-order valence-corrected chi connectivity index (χ4v) is 5.21. The average molecular weight is 429 g/mol. The van der Waals surface area contributed by atoms with Crippen molar-refractivity contribution < 1.29 is 4.79 Å². The van der Waals surface area contributed by atoms with Gasteiger partial charge in [0.25, 0.3) is 0 Å². The van der Waals surface area contributed by atoms with Crippen molar-refractivity contribution in [2.75, 3.05) is 11.1 Å². The molecule has 0 saturated carbocycles. The second kappa shape index (κ2) is 9.13. The van der Waals surface area contributed by atoms with Gasteiger partial charge in [0.05, 0.1) is 5.75 Å². The molecule has 154 valence electrons. The van der Waals surface area contributed by atoms with Gasteiger partial charge in [-0.2, -0.15) is 0 Å². The Morgan fingerprint density at radius 3 is 2.66 bits per heavy atom. The van der Waals surface area contributed by atoms with E-state index in [0.29, 0.717) is 5.75 Å². The number of nitrogens with one attached hydrogen (secondary N) is 1. The van der Waals surface area contributed by atoms with Crippen molar-refractivity contribution in [2.45, 2.75) is 59.2 Å². The van der Waals surface area contributed by atoms with E-state index >= 15 is 0 Å². The second-order valence-electron chi connectivity index (χ2n) is 7.46. The molecular formula is C22H28N4OS2. The molecule has 0 fully saturated rings. The highest BCUT2D eigenvalue weighted by atomic mass is 32.2. The molecule has 3 aromatic rings. The molecular weight excluding hydrogens is 400 g/mol. The van der Waals surface area contributed by atoms with Crippen LogP contribution in [0.15, 0.2) is 28.7 Å². The predicted molar refractivity (Wildman–Crippen MR) is 123 cm³/mol. The van der Waals surface area contributed by atoms with Gasteiger partial charge in [-0.05, 0) is 58.2 Å². The van der Waals surface area contributed by atoms with Crippen molar-refractivity contribution >= 4 is 34.7 Å². The van der Waals surface area contributed by atoms with Crippen molar-refractivity contribution in [1.82, 2.24) is 14.8 Å². The first kappa shape index (κ1) is 21.6. The molecule has 5 nitrogen and oxygen atoms in total. The summed E-state index contributed by atoms with van der Waals surface area (Å²) in [5.74, 6) is 1.14. The van der Waals surface area contributed by atoms with Crippen molar-refractivity contribution in [3.63, 3.8) is 0 Å². The van der Waals surface area contributed by atoms with Gasteiger partial charge in [0, 0.05) is 27.5 Å². The van der Waals surface area contributed by atoms with Gasteiger partial charge < -0.3 is 5.32 Å². The summed E-state index contributed by atoms with van der Waals surface area (Å²) in [5.41, 5.74) is 5.59. The van der Waals surface area contributed by atoms with Crippen molar-refractivity contribution in [3.05, 3.63) is 45.1 Å². The maximum Gasteiger partial charge on any atom is 0.234 e. The van der Waals surface area contributed by atoms with E-state index in [9.17, 15) is 4.79 Å². The van der Waals surface area contributed by atoms with Crippen LogP contribution in [0.4, 0.5) is 5.69 Å². The van der Waals surface area contributed by atoms with Crippen LogP contribution in [0.2, 0.25) is 0 Å². The first-order chi connectivity index (χ1) is 13.8. The van der Waals surface area contributed by atoms with Crippen LogP contribution in [0, 0.1) is 20.8 Å². The minimum Gasteiger partial charge on any atom is -0.325 e. The third-order valence-electron chi connectivity index (χ3n) is 4.87. The second-order valence-corrected chi connectivity index (χ2v) is 9.49. The summed E-state index contributed by atoms with van der Waals surface area (Å²) in [6.07, 6.45) is 0.969. The molecule has 0 aliphatic carbocycles. The number of anilines is 1. The maximum absolute atomic E-state index is 12.5. The average Bonchev–Trinajstić information content (AvgIpc) is 3.25. The van der Waals surface area contributed by atoms with E-state index in [-0.39, 0.29) is 11.9 Å². The highest BCUT2D eigenvalue weighted by molar-refractivity contribution is 7.99. The Balaban J connectivity index is 1.77. The number of rotatable bonds is 7. The maximum atomic E-state index is 12.5. The Labute approximate surface area is 180 Å². The molecule has 3 rings (SSSR count). The summed E-state index contributed by atoms with van der Waals surface area (Å²) in [7, 11) is 0. The highest BCUT2D eigenvalue weighted by Gasteiger charge is 2.21. The van der Waals surface area contributed by atoms with E-state index in [2.05, 4.69) is 59.2 Å². The number of carbonyl (C=O) groups excluding carboxylic acids is 1. The first-order valence-corrected chi connectivity index (χ1v) is 11.7. The number of aryl methyl sites for hydroxylation is 3. The fraction of sp³-hybridized carbons (Fsp3) is 0.409. The zero-order chi connectivity index (χ0) is 21.1. The van der Waals surface area contributed by atoms with Crippen LogP contribution >= 0.6 is 23.1 Å². The predicted octanol–water partition coefficient (Wildman–Crippen LogP) is 5.81. The quantitative estimate of drug-likeness (QED) is 0.483. The van der Waals surface area contributed by atoms with Crippen LogP contribution in [0.1, 0.15) is 48.4 Å². The Kier molecular flexibility index (Phi) is 6.80. The number of aromatic nitrogens is 3. The van der Waals surface area contributed by atoms with Gasteiger partial charge in [-0.25, -0.2) is 0 Å². The summed E-state index contributed by atoms with van der Waals surface area (Å²) in [4.78, 5) is 13.8. The third kappa shape index (κ3) is 4.73. The molecule has 1 N–H and O–H groups in total. The Morgan fingerprint density at radius 2 is 2.00 bits per heavy atom. The first-order valence-electron chi connectivity index (χ1n) is 9.83. The Morgan fingerprint density at radius 1 is 1.24 bits per heavy atom. The zero-order valence-corrected chi connectivity index (χ0v) is 19.5. The summed E-state index contributed by atoms with van der Waals surface area (Å²) < 4.78 is 2.13. The third-order valence-corrected chi connectivity index (χ3v) is 6.76. The summed E-state index contributed by atoms with van der Waals surface area (Å²) in [5, 5.41) is 14.8. The van der Waals surface area contributed by atoms with E-state index in [0.717, 1.165) is 34.2 Å². The Hall–Kier alpha value is -2.12. The van der Waals surface area contributed by atoms with E-state index < -0.39 is 0 Å². The van der Waals surface area contributed by atoms with E-state index in [4.69, 9.17) is 0 Å². The fourth-order valence-electron chi connectivity index (χ4n) is 3.40. The summed E-state index contributed by atoms with van der Waals surface area (Å²) in [6.45, 7) is 12.6. The van der Waals surface area contributed by atoms with Gasteiger partial charge in [-0.1, -0.05) is 36.4 Å². The van der Waals surface area contributed by atoms with E-state index in [1.165, 1.54) is 27.8 Å². The summed E-state index contributed by atoms with van der Waals surface area (Å²) >= 11 is 3.18. The van der Waals surface area contributed by atoms with Crippen LogP contribution < -0.4 is 5.32 Å². The number of benzene rings is 1. The molecule has 0 spiro atoms. The molecule has 7 heteroatoms. The number of thiophene rings is 1. The molecule has 0 bridgehead atoms. The molecule has 1 aromatic carbocycles. The molecule has 0 aliphatic rings. The SMILES string of the molecule is CCc1c(-c2nnc(SCC(=O)Nc3ccc(C)cc3C)n2C(C)C)csc1C. The number of amides is 1. The molecule has 0 atom stereocenters. The van der Waals surface area contributed by atoms with Gasteiger partial charge in [-0.3, -0.25) is 9.36 Å². The van der Waals surface area contributed by atoms with Crippen LogP contribution in [0.25, 0.3) is 11.4 Å². The topological polar surface area (TPSA) is 59.8 Å². The standard InChI is InChI=1S/C22H28N4OS2/c1-7-17-16(6)28-11-18(17)21-24-25-22(26(21)13(2)3)29-12-20(27)23-19-9-8-14(4)10-15(19)5/h8-11,13H,7,12H2,1-6H3,(H,23,27). The molecule has 0 unspecified atom stereocenters. The van der Waals surface area contributed by atoms with Gasteiger partial charge in [0.15, 0.2) is 11.0 Å². The van der Waals surface area contributed by atoms with Gasteiger partial charge in [-0.15, -0.1) is 21.5 Å². The lowest BCUT2D eigenvalue weighted by molar-refractivity contribution is -0.113. The van der Waals surface area contributed by atoms with Gasteiger partial charge in [0.2, 0.25) is 5.91 Å². The smallest absolute Gasteiger partial charge is 0.234 e. The summed E-state index contributed by atoms with van der Waals surface area (Å²) in [6, 6.07) is 6.23. The normalized spacial score (nSPS) is 11.3. The van der Waals surface area contributed by atoms with Gasteiger partial charge >= 0.3 is 0 Å². The molecule has 29 heavy (non-hydrogen) atoms. The van der Waals surface area contributed by atoms with E-state index in [1.807, 2.05) is 26.0 Å². The largest absolute Gasteiger partial charge is 0.325 e. The minimum atomic E-state index is -0.0394. The van der Waals surface area contributed by atoms with Crippen LogP contribution in [0.3, 0.4) is 0 Å². The molecule has 0 saturated heterocycles. The van der Waals surface area contributed by atoms with Crippen LogP contribution in [-0.4, -0.2) is 26.4 Å². The Bertz CT molecular complexity index is 1020. The number of thioether (sulfide) groups is 1. The zero-order valence-electron chi connectivity index (χ0n) is 17.9. The van der Waals surface area contributed by atoms with Crippen LogP contribution in [0.5, 0.6) is 0 Å². The van der Waals surface area contributed by atoms with Crippen molar-refractivity contribution in [3.8, 4) is 11.4 Å². The lowest BCUT2D eigenvalue weighted by Gasteiger charge is -2.14. The highest BCUT2D eigenvalue weighted by Crippen LogP contribution is 2.34. The number of hydrogen-bond donors (Lipinski definition) is 1. The van der Waals surface area contributed by atoms with Crippen molar-refractivity contribution in [1.29, 1.82) is 0 Å². The van der Waals surface area contributed by atoms with E-state index in [1.54, 1.807) is 11.3 Å². The molecule has 1 amide bonds. The lowest BCUT2D eigenvalue weighted by Crippen LogP contribution is -2.15. The van der Waals surface area contributed by atoms with Gasteiger partial charge in [0.1, 0.15) is 0 Å².